The van der Waals surface area contributed by atoms with Gasteiger partial charge in [0.2, 0.25) is 0 Å². The highest BCUT2D eigenvalue weighted by Gasteiger charge is 2.15. The van der Waals surface area contributed by atoms with E-state index in [1.54, 1.807) is 6.92 Å². The number of aliphatic hydroxyl groups is 2. The van der Waals surface area contributed by atoms with Crippen LogP contribution in [0.4, 0.5) is 16.4 Å². The largest absolute Gasteiger partial charge is 0.394 e. The first-order valence-corrected chi connectivity index (χ1v) is 12.0. The summed E-state index contributed by atoms with van der Waals surface area (Å²) in [6.45, 7) is 7.24. The van der Waals surface area contributed by atoms with E-state index in [4.69, 9.17) is 24.4 Å². The molecular formula is C24H31N5O5S. The van der Waals surface area contributed by atoms with E-state index in [1.807, 2.05) is 25.1 Å². The molecule has 0 amide bonds. The molecule has 2 aromatic rings. The zero-order valence-corrected chi connectivity index (χ0v) is 20.9. The van der Waals surface area contributed by atoms with Crippen LogP contribution in [0.3, 0.4) is 0 Å². The highest BCUT2D eigenvalue weighted by molar-refractivity contribution is 7.16. The Kier molecular flexibility index (Phi) is 12.9. The van der Waals surface area contributed by atoms with Gasteiger partial charge in [-0.25, -0.2) is 0 Å². The van der Waals surface area contributed by atoms with Crippen molar-refractivity contribution in [3.63, 3.8) is 0 Å². The summed E-state index contributed by atoms with van der Waals surface area (Å²) in [5.41, 5.74) is 3.53. The Labute approximate surface area is 209 Å². The molecule has 0 fully saturated rings. The molecule has 0 saturated heterocycles. The topological polar surface area (TPSA) is 144 Å². The van der Waals surface area contributed by atoms with Crippen LogP contribution in [0.25, 0.3) is 0 Å². The second-order valence-corrected chi connectivity index (χ2v) is 8.40. The molecule has 0 aliphatic heterocycles. The van der Waals surface area contributed by atoms with Crippen molar-refractivity contribution >= 4 is 27.7 Å². The van der Waals surface area contributed by atoms with Gasteiger partial charge in [-0.2, -0.15) is 10.5 Å². The summed E-state index contributed by atoms with van der Waals surface area (Å²) in [6.07, 6.45) is 0. The molecule has 0 radical (unpaired) electrons. The number of aryl methyl sites for hydroxylation is 1. The van der Waals surface area contributed by atoms with Crippen LogP contribution in [-0.2, 0) is 14.2 Å². The smallest absolute Gasteiger partial charge is 0.158 e. The van der Waals surface area contributed by atoms with Crippen LogP contribution < -0.4 is 4.90 Å². The second-order valence-electron chi connectivity index (χ2n) is 7.40. The highest BCUT2D eigenvalue weighted by atomic mass is 32.1. The van der Waals surface area contributed by atoms with E-state index >= 15 is 0 Å². The molecule has 1 aromatic heterocycles. The SMILES string of the molecule is Cc1cc(N(CCOCCO)CCOCCOCCO)ccc1/N=N/c1sc(C#N)c(C)c1C#N. The van der Waals surface area contributed by atoms with Crippen LogP contribution >= 0.6 is 11.3 Å². The number of azo groups is 1. The summed E-state index contributed by atoms with van der Waals surface area (Å²) >= 11 is 1.15. The number of nitrogens with zero attached hydrogens (tertiary/aromatic N) is 5. The van der Waals surface area contributed by atoms with E-state index < -0.39 is 0 Å². The molecule has 0 bridgehead atoms. The quantitative estimate of drug-likeness (QED) is 0.263. The summed E-state index contributed by atoms with van der Waals surface area (Å²) in [4.78, 5) is 2.58. The van der Waals surface area contributed by atoms with E-state index in [1.165, 1.54) is 0 Å². The lowest BCUT2D eigenvalue weighted by Gasteiger charge is -2.25. The molecule has 0 saturated carbocycles. The van der Waals surface area contributed by atoms with Crippen molar-refractivity contribution < 1.29 is 24.4 Å². The molecule has 0 spiro atoms. The van der Waals surface area contributed by atoms with Crippen LogP contribution in [0, 0.1) is 36.5 Å². The molecular weight excluding hydrogens is 470 g/mol. The maximum absolute atomic E-state index is 9.39. The van der Waals surface area contributed by atoms with Crippen molar-refractivity contribution in [1.29, 1.82) is 10.5 Å². The van der Waals surface area contributed by atoms with Crippen LogP contribution in [0.15, 0.2) is 28.4 Å². The van der Waals surface area contributed by atoms with E-state index in [9.17, 15) is 10.5 Å². The summed E-state index contributed by atoms with van der Waals surface area (Å²) in [6, 6.07) is 9.98. The maximum Gasteiger partial charge on any atom is 0.158 e. The molecule has 0 atom stereocenters. The fourth-order valence-electron chi connectivity index (χ4n) is 3.13. The number of nitriles is 2. The molecule has 11 heteroatoms. The second kappa shape index (κ2) is 15.9. The number of aliphatic hydroxyl groups excluding tert-OH is 2. The lowest BCUT2D eigenvalue weighted by atomic mass is 10.1. The number of hydrogen-bond acceptors (Lipinski definition) is 11. The summed E-state index contributed by atoms with van der Waals surface area (Å²) in [5, 5.41) is 45.3. The lowest BCUT2D eigenvalue weighted by Crippen LogP contribution is -2.31. The number of anilines is 1. The number of rotatable bonds is 16. The molecule has 0 aliphatic carbocycles. The van der Waals surface area contributed by atoms with Crippen molar-refractivity contribution in [2.45, 2.75) is 13.8 Å². The third kappa shape index (κ3) is 9.00. The van der Waals surface area contributed by atoms with Crippen molar-refractivity contribution in [1.82, 2.24) is 0 Å². The fraction of sp³-hybridized carbons (Fsp3) is 0.500. The zero-order chi connectivity index (χ0) is 25.5. The van der Waals surface area contributed by atoms with Gasteiger partial charge in [-0.05, 0) is 43.2 Å². The van der Waals surface area contributed by atoms with Crippen LogP contribution in [0.2, 0.25) is 0 Å². The van der Waals surface area contributed by atoms with E-state index in [-0.39, 0.29) is 19.8 Å². The Morgan fingerprint density at radius 1 is 0.886 bits per heavy atom. The minimum absolute atomic E-state index is 0.0100. The number of thiophene rings is 1. The molecule has 0 unspecified atom stereocenters. The van der Waals surface area contributed by atoms with Crippen molar-refractivity contribution in [3.8, 4) is 12.1 Å². The number of benzene rings is 1. The number of hydrogen-bond donors (Lipinski definition) is 2. The standard InChI is InChI=1S/C24H31N5O5S/c1-18-15-20(29(5-9-32-11-7-30)6-10-33-13-14-34-12-8-31)3-4-22(18)27-28-24-21(16-25)19(2)23(17-26)35-24/h3-4,15,30-31H,5-14H2,1-2H3/b28-27+. The molecule has 188 valence electrons. The van der Waals surface area contributed by atoms with Gasteiger partial charge in [-0.1, -0.05) is 0 Å². The van der Waals surface area contributed by atoms with Gasteiger partial charge in [0.15, 0.2) is 5.00 Å². The van der Waals surface area contributed by atoms with Gasteiger partial charge in [-0.3, -0.25) is 0 Å². The van der Waals surface area contributed by atoms with Gasteiger partial charge >= 0.3 is 0 Å². The molecule has 1 heterocycles. The van der Waals surface area contributed by atoms with E-state index in [0.717, 1.165) is 22.6 Å². The Morgan fingerprint density at radius 2 is 1.51 bits per heavy atom. The summed E-state index contributed by atoms with van der Waals surface area (Å²) in [7, 11) is 0. The van der Waals surface area contributed by atoms with Gasteiger partial charge in [0, 0.05) is 18.8 Å². The van der Waals surface area contributed by atoms with Gasteiger partial charge in [-0.15, -0.1) is 21.6 Å². The predicted octanol–water partition coefficient (Wildman–Crippen LogP) is 3.36. The predicted molar refractivity (Wildman–Crippen MR) is 133 cm³/mol. The number of ether oxygens (including phenoxy) is 3. The minimum Gasteiger partial charge on any atom is -0.394 e. The van der Waals surface area contributed by atoms with Crippen LogP contribution in [0.5, 0.6) is 0 Å². The lowest BCUT2D eigenvalue weighted by molar-refractivity contribution is 0.0347. The molecule has 2 N–H and O–H groups in total. The van der Waals surface area contributed by atoms with Gasteiger partial charge in [0.1, 0.15) is 17.0 Å². The first kappa shape index (κ1) is 28.3. The van der Waals surface area contributed by atoms with Gasteiger partial charge in [0.05, 0.1) is 64.1 Å². The Bertz CT molecular complexity index is 1040. The summed E-state index contributed by atoms with van der Waals surface area (Å²) in [5.74, 6) is 0. The third-order valence-corrected chi connectivity index (χ3v) is 6.07. The van der Waals surface area contributed by atoms with Crippen molar-refractivity contribution in [3.05, 3.63) is 39.8 Å². The molecule has 1 aromatic carbocycles. The Hall–Kier alpha value is -2.90. The fourth-order valence-corrected chi connectivity index (χ4v) is 4.00. The average Bonchev–Trinajstić information content (AvgIpc) is 3.18. The van der Waals surface area contributed by atoms with Crippen molar-refractivity contribution in [2.24, 2.45) is 10.2 Å². The normalized spacial score (nSPS) is 11.0. The first-order chi connectivity index (χ1) is 17.0. The van der Waals surface area contributed by atoms with E-state index in [2.05, 4.69) is 27.3 Å². The van der Waals surface area contributed by atoms with Crippen molar-refractivity contribution in [2.75, 3.05) is 70.8 Å². The van der Waals surface area contributed by atoms with Gasteiger partial charge < -0.3 is 29.3 Å². The van der Waals surface area contributed by atoms with E-state index in [0.29, 0.717) is 72.8 Å². The van der Waals surface area contributed by atoms with Gasteiger partial charge in [0.25, 0.3) is 0 Å². The molecule has 0 aliphatic rings. The van der Waals surface area contributed by atoms with Crippen LogP contribution in [-0.4, -0.2) is 76.2 Å². The third-order valence-electron chi connectivity index (χ3n) is 4.99. The molecule has 10 nitrogen and oxygen atoms in total. The first-order valence-electron chi connectivity index (χ1n) is 11.2. The maximum atomic E-state index is 9.39. The average molecular weight is 502 g/mol. The summed E-state index contributed by atoms with van der Waals surface area (Å²) < 4.78 is 16.3. The molecule has 2 rings (SSSR count). The Morgan fingerprint density at radius 3 is 2.09 bits per heavy atom. The monoisotopic (exact) mass is 501 g/mol. The molecule has 35 heavy (non-hydrogen) atoms. The Balaban J connectivity index is 2.08. The minimum atomic E-state index is -0.0249. The zero-order valence-electron chi connectivity index (χ0n) is 20.1. The van der Waals surface area contributed by atoms with Crippen LogP contribution in [0.1, 0.15) is 21.6 Å². The highest BCUT2D eigenvalue weighted by Crippen LogP contribution is 2.36.